The largest absolute Gasteiger partial charge is 0.230 e. The Morgan fingerprint density at radius 1 is 1.25 bits per heavy atom. The summed E-state index contributed by atoms with van der Waals surface area (Å²) in [6.07, 6.45) is 0. The zero-order valence-corrected chi connectivity index (χ0v) is 12.0. The molecule has 1 heterocycles. The van der Waals surface area contributed by atoms with Crippen molar-refractivity contribution in [3.05, 3.63) is 59.4 Å². The average Bonchev–Trinajstić information content (AvgIpc) is 2.87. The second-order valence-electron chi connectivity index (χ2n) is 4.20. The van der Waals surface area contributed by atoms with Gasteiger partial charge in [-0.15, -0.1) is 11.3 Å². The monoisotopic (exact) mass is 300 g/mol. The molecule has 1 aromatic heterocycles. The highest BCUT2D eigenvalue weighted by Gasteiger charge is 2.06. The lowest BCUT2D eigenvalue weighted by Crippen LogP contribution is -1.86. The van der Waals surface area contributed by atoms with Gasteiger partial charge in [0.25, 0.3) is 0 Å². The smallest absolute Gasteiger partial charge is 0.151 e. The summed E-state index contributed by atoms with van der Waals surface area (Å²) in [5.74, 6) is 0.232. The van der Waals surface area contributed by atoms with Crippen molar-refractivity contribution in [2.75, 3.05) is 0 Å². The van der Waals surface area contributed by atoms with Crippen molar-refractivity contribution < 1.29 is 4.39 Å². The van der Waals surface area contributed by atoms with E-state index in [-0.39, 0.29) is 5.82 Å². The summed E-state index contributed by atoms with van der Waals surface area (Å²) in [6.45, 7) is 0. The number of thioether (sulfide) groups is 1. The highest BCUT2D eigenvalue weighted by Crippen LogP contribution is 2.31. The zero-order chi connectivity index (χ0) is 13.9. The number of benzene rings is 2. The molecule has 2 nitrogen and oxygen atoms in total. The van der Waals surface area contributed by atoms with Gasteiger partial charge in [-0.25, -0.2) is 9.37 Å². The summed E-state index contributed by atoms with van der Waals surface area (Å²) in [6, 6.07) is 14.3. The summed E-state index contributed by atoms with van der Waals surface area (Å²) >= 11 is 3.18. The number of halogens is 1. The molecule has 20 heavy (non-hydrogen) atoms. The number of hydrogen-bond acceptors (Lipinski definition) is 4. The summed E-state index contributed by atoms with van der Waals surface area (Å²) < 4.78 is 15.4. The fraction of sp³-hybridized carbons (Fsp3) is 0.0667. The fourth-order valence-electron chi connectivity index (χ4n) is 1.86. The molecule has 3 rings (SSSR count). The van der Waals surface area contributed by atoms with Gasteiger partial charge in [-0.1, -0.05) is 23.9 Å². The summed E-state index contributed by atoms with van der Waals surface area (Å²) in [5.41, 5.74) is 2.13. The molecule has 0 atom stereocenters. The summed E-state index contributed by atoms with van der Waals surface area (Å²) in [4.78, 5) is 4.52. The molecular formula is C15H9FN2S2. The number of nitriles is 1. The average molecular weight is 300 g/mol. The van der Waals surface area contributed by atoms with Crippen molar-refractivity contribution >= 4 is 33.3 Å². The molecule has 0 unspecified atom stereocenters. The SMILES string of the molecule is N#Cc1cc(F)cc(CSc2nc3ccccc3s2)c1. The molecule has 0 saturated carbocycles. The van der Waals surface area contributed by atoms with Crippen LogP contribution in [0.25, 0.3) is 10.2 Å². The first kappa shape index (κ1) is 13.1. The number of aromatic nitrogens is 1. The Morgan fingerprint density at radius 2 is 2.10 bits per heavy atom. The number of nitrogens with zero attached hydrogens (tertiary/aromatic N) is 2. The van der Waals surface area contributed by atoms with Gasteiger partial charge in [-0.3, -0.25) is 0 Å². The Morgan fingerprint density at radius 3 is 2.90 bits per heavy atom. The maximum Gasteiger partial charge on any atom is 0.151 e. The van der Waals surface area contributed by atoms with Gasteiger partial charge in [0.15, 0.2) is 4.34 Å². The zero-order valence-electron chi connectivity index (χ0n) is 10.3. The van der Waals surface area contributed by atoms with Crippen LogP contribution in [0.4, 0.5) is 4.39 Å². The molecule has 0 aliphatic heterocycles. The van der Waals surface area contributed by atoms with E-state index in [1.54, 1.807) is 29.2 Å². The Bertz CT molecular complexity index is 772. The van der Waals surface area contributed by atoms with E-state index in [1.807, 2.05) is 30.3 Å². The molecule has 2 aromatic carbocycles. The van der Waals surface area contributed by atoms with Crippen LogP contribution in [0.2, 0.25) is 0 Å². The Labute approximate surface area is 123 Å². The first-order chi connectivity index (χ1) is 9.74. The van der Waals surface area contributed by atoms with E-state index >= 15 is 0 Å². The van der Waals surface area contributed by atoms with Crippen molar-refractivity contribution in [3.8, 4) is 6.07 Å². The maximum absolute atomic E-state index is 13.3. The molecule has 0 radical (unpaired) electrons. The Kier molecular flexibility index (Phi) is 3.68. The molecule has 0 aliphatic carbocycles. The fourth-order valence-corrected chi connectivity index (χ4v) is 3.85. The molecular weight excluding hydrogens is 291 g/mol. The minimum atomic E-state index is -0.371. The van der Waals surface area contributed by atoms with Crippen LogP contribution in [-0.2, 0) is 5.75 Å². The minimum absolute atomic E-state index is 0.352. The topological polar surface area (TPSA) is 36.7 Å². The van der Waals surface area contributed by atoms with Crippen LogP contribution in [0.1, 0.15) is 11.1 Å². The Hall–Kier alpha value is -1.90. The third-order valence-corrected chi connectivity index (χ3v) is 4.97. The molecule has 5 heteroatoms. The third-order valence-electron chi connectivity index (χ3n) is 2.72. The number of fused-ring (bicyclic) bond motifs is 1. The highest BCUT2D eigenvalue weighted by molar-refractivity contribution is 8.00. The van der Waals surface area contributed by atoms with Gasteiger partial charge in [0.1, 0.15) is 5.82 Å². The van der Waals surface area contributed by atoms with E-state index < -0.39 is 0 Å². The van der Waals surface area contributed by atoms with Gasteiger partial charge in [0.05, 0.1) is 21.8 Å². The van der Waals surface area contributed by atoms with E-state index in [0.717, 1.165) is 20.1 Å². The highest BCUT2D eigenvalue weighted by atomic mass is 32.2. The minimum Gasteiger partial charge on any atom is -0.230 e. The second kappa shape index (κ2) is 5.61. The molecule has 0 saturated heterocycles. The van der Waals surface area contributed by atoms with Crippen LogP contribution in [0.3, 0.4) is 0 Å². The molecule has 98 valence electrons. The van der Waals surface area contributed by atoms with Gasteiger partial charge >= 0.3 is 0 Å². The van der Waals surface area contributed by atoms with E-state index in [9.17, 15) is 4.39 Å². The van der Waals surface area contributed by atoms with Crippen LogP contribution in [0.15, 0.2) is 46.8 Å². The Balaban J connectivity index is 1.79. The van der Waals surface area contributed by atoms with Crippen molar-refractivity contribution in [3.63, 3.8) is 0 Å². The van der Waals surface area contributed by atoms with Crippen LogP contribution in [0, 0.1) is 17.1 Å². The van der Waals surface area contributed by atoms with E-state index in [4.69, 9.17) is 5.26 Å². The van der Waals surface area contributed by atoms with Crippen LogP contribution < -0.4 is 0 Å². The van der Waals surface area contributed by atoms with E-state index in [0.29, 0.717) is 11.3 Å². The molecule has 0 spiro atoms. The van der Waals surface area contributed by atoms with Gasteiger partial charge in [0.2, 0.25) is 0 Å². The second-order valence-corrected chi connectivity index (χ2v) is 6.45. The van der Waals surface area contributed by atoms with Gasteiger partial charge in [-0.05, 0) is 35.9 Å². The number of thiazole rings is 1. The lowest BCUT2D eigenvalue weighted by Gasteiger charge is -2.00. The van der Waals surface area contributed by atoms with Gasteiger partial charge in [-0.2, -0.15) is 5.26 Å². The number of para-hydroxylation sites is 1. The first-order valence-corrected chi connectivity index (χ1v) is 7.73. The van der Waals surface area contributed by atoms with Crippen molar-refractivity contribution in [1.82, 2.24) is 4.98 Å². The van der Waals surface area contributed by atoms with Crippen LogP contribution in [0.5, 0.6) is 0 Å². The van der Waals surface area contributed by atoms with E-state index in [2.05, 4.69) is 4.98 Å². The molecule has 0 amide bonds. The predicted molar refractivity (Wildman–Crippen MR) is 80.3 cm³/mol. The van der Waals surface area contributed by atoms with Crippen molar-refractivity contribution in [2.24, 2.45) is 0 Å². The van der Waals surface area contributed by atoms with E-state index in [1.165, 1.54) is 12.1 Å². The van der Waals surface area contributed by atoms with Crippen molar-refractivity contribution in [2.45, 2.75) is 10.1 Å². The van der Waals surface area contributed by atoms with Crippen LogP contribution >= 0.6 is 23.1 Å². The standard InChI is InChI=1S/C15H9FN2S2/c16-12-6-10(8-17)5-11(7-12)9-19-15-18-13-3-1-2-4-14(13)20-15/h1-7H,9H2. The molecule has 0 aliphatic rings. The summed E-state index contributed by atoms with van der Waals surface area (Å²) in [7, 11) is 0. The molecule has 0 bridgehead atoms. The first-order valence-electron chi connectivity index (χ1n) is 5.92. The lowest BCUT2D eigenvalue weighted by molar-refractivity contribution is 0.626. The maximum atomic E-state index is 13.3. The molecule has 3 aromatic rings. The lowest BCUT2D eigenvalue weighted by atomic mass is 10.1. The normalized spacial score (nSPS) is 10.6. The van der Waals surface area contributed by atoms with Crippen molar-refractivity contribution in [1.29, 1.82) is 5.26 Å². The number of hydrogen-bond donors (Lipinski definition) is 0. The van der Waals surface area contributed by atoms with Crippen LogP contribution in [-0.4, -0.2) is 4.98 Å². The number of rotatable bonds is 3. The predicted octanol–water partition coefficient (Wildman–Crippen LogP) is 4.60. The molecule has 0 fully saturated rings. The third kappa shape index (κ3) is 2.82. The van der Waals surface area contributed by atoms with Gasteiger partial charge in [0, 0.05) is 5.75 Å². The van der Waals surface area contributed by atoms with Gasteiger partial charge < -0.3 is 0 Å². The quantitative estimate of drug-likeness (QED) is 0.663. The molecule has 0 N–H and O–H groups in total. The summed E-state index contributed by atoms with van der Waals surface area (Å²) in [5, 5.41) is 8.83.